The fraction of sp³-hybridized carbons (Fsp3) is 0.513. The van der Waals surface area contributed by atoms with Crippen LogP contribution in [0.4, 0.5) is 4.79 Å². The molecule has 0 bridgehead atoms. The van der Waals surface area contributed by atoms with E-state index in [1.54, 1.807) is 38.6 Å². The lowest BCUT2D eigenvalue weighted by Crippen LogP contribution is -2.58. The smallest absolute Gasteiger partial charge is 0.407 e. The van der Waals surface area contributed by atoms with Crippen molar-refractivity contribution in [3.8, 4) is 11.5 Å². The molecule has 0 unspecified atom stereocenters. The van der Waals surface area contributed by atoms with Gasteiger partial charge in [0.1, 0.15) is 24.6 Å². The van der Waals surface area contributed by atoms with Crippen LogP contribution in [0, 0.1) is 12.8 Å². The Morgan fingerprint density at radius 3 is 2.30 bits per heavy atom. The molecule has 1 saturated carbocycles. The molecule has 2 atom stereocenters. The number of pyridine rings is 1. The van der Waals surface area contributed by atoms with Gasteiger partial charge >= 0.3 is 6.09 Å². The molecule has 3 aromatic rings. The van der Waals surface area contributed by atoms with Gasteiger partial charge in [0.25, 0.3) is 5.56 Å². The third-order valence-corrected chi connectivity index (χ3v) is 10.4. The molecule has 53 heavy (non-hydrogen) atoms. The van der Waals surface area contributed by atoms with Crippen molar-refractivity contribution in [2.45, 2.75) is 63.8 Å². The molecule has 1 aromatic heterocycles. The minimum Gasteiger partial charge on any atom is -0.491 e. The van der Waals surface area contributed by atoms with E-state index in [-0.39, 0.29) is 50.2 Å². The van der Waals surface area contributed by atoms with E-state index in [0.717, 1.165) is 42.4 Å². The number of aryl methyl sites for hydroxylation is 2. The fourth-order valence-corrected chi connectivity index (χ4v) is 7.71. The first kappa shape index (κ1) is 40.4. The summed E-state index contributed by atoms with van der Waals surface area (Å²) in [5, 5.41) is 10.8. The number of piperidine rings is 1. The Morgan fingerprint density at radius 2 is 1.66 bits per heavy atom. The molecule has 12 nitrogen and oxygen atoms in total. The van der Waals surface area contributed by atoms with E-state index < -0.39 is 17.6 Å². The Labute approximate surface area is 320 Å². The van der Waals surface area contributed by atoms with E-state index in [1.165, 1.54) is 22.6 Å². The van der Waals surface area contributed by atoms with Crippen LogP contribution in [-0.4, -0.2) is 98.4 Å². The number of benzene rings is 2. The van der Waals surface area contributed by atoms with Crippen LogP contribution in [0.15, 0.2) is 53.5 Å². The van der Waals surface area contributed by atoms with Gasteiger partial charge in [-0.25, -0.2) is 4.79 Å². The number of hydrogen-bond acceptors (Lipinski definition) is 8. The molecule has 1 saturated heterocycles. The lowest BCUT2D eigenvalue weighted by molar-refractivity contribution is -0.159. The molecular formula is C39H49Cl2N3O9. The van der Waals surface area contributed by atoms with Gasteiger partial charge in [0.05, 0.1) is 29.1 Å². The van der Waals surface area contributed by atoms with E-state index in [1.807, 2.05) is 24.0 Å². The summed E-state index contributed by atoms with van der Waals surface area (Å²) in [6.45, 7) is 4.03. The predicted molar refractivity (Wildman–Crippen MR) is 201 cm³/mol. The number of nitrogens with zero attached hydrogens (tertiary/aromatic N) is 3. The Kier molecular flexibility index (Phi) is 14.1. The van der Waals surface area contributed by atoms with Gasteiger partial charge in [-0.15, -0.1) is 0 Å². The van der Waals surface area contributed by atoms with Gasteiger partial charge in [-0.1, -0.05) is 29.3 Å². The van der Waals surface area contributed by atoms with Gasteiger partial charge in [0.15, 0.2) is 5.75 Å². The largest absolute Gasteiger partial charge is 0.491 e. The highest BCUT2D eigenvalue weighted by Crippen LogP contribution is 2.43. The van der Waals surface area contributed by atoms with Crippen molar-refractivity contribution in [3.63, 3.8) is 0 Å². The van der Waals surface area contributed by atoms with Crippen molar-refractivity contribution < 1.29 is 38.4 Å². The molecule has 2 heterocycles. The highest BCUT2D eigenvalue weighted by atomic mass is 35.5. The molecule has 0 radical (unpaired) electrons. The Bertz CT molecular complexity index is 1750. The number of rotatable bonds is 18. The average Bonchev–Trinajstić information content (AvgIpc) is 3.97. The van der Waals surface area contributed by atoms with Crippen LogP contribution in [0.2, 0.25) is 10.0 Å². The van der Waals surface area contributed by atoms with E-state index in [2.05, 4.69) is 6.07 Å². The minimum absolute atomic E-state index is 0.00388. The SMILES string of the molecule is COCCCc1cc(CN(C(=O)[C@H]2CN(C(=O)O)CC[C@@]2(OC)c2ccn(CCOc3c(Cl)cc(C)cc3Cl)c(=O)c2)C2CC2)cc(OCCOC)c1. The second-order valence-corrected chi connectivity index (χ2v) is 14.4. The molecule has 0 spiro atoms. The maximum atomic E-state index is 14.8. The zero-order chi connectivity index (χ0) is 38.1. The van der Waals surface area contributed by atoms with Crippen molar-refractivity contribution in [2.24, 2.45) is 5.92 Å². The zero-order valence-corrected chi connectivity index (χ0v) is 32.3. The van der Waals surface area contributed by atoms with Gasteiger partial charge < -0.3 is 43.2 Å². The van der Waals surface area contributed by atoms with Gasteiger partial charge in [-0.3, -0.25) is 9.59 Å². The summed E-state index contributed by atoms with van der Waals surface area (Å²) in [6.07, 6.45) is 3.99. The summed E-state index contributed by atoms with van der Waals surface area (Å²) in [4.78, 5) is 43.7. The predicted octanol–water partition coefficient (Wildman–Crippen LogP) is 6.18. The van der Waals surface area contributed by atoms with Crippen LogP contribution in [0.1, 0.15) is 47.9 Å². The standard InChI is InChI=1S/C39H49Cl2N3O9/c1-26-18-33(40)36(34(41)19-26)53-15-13-42-11-9-29(23-35(42)45)39(51-4)10-12-43(38(47)48)25-32(39)37(46)44(30-7-8-30)24-28-20-27(6-5-14-49-2)21-31(22-28)52-17-16-50-3/h9,11,18-23,30,32H,5-8,10,12-17,24-25H2,1-4H3,(H,47,48)/t32-,39-/m1/s1. The summed E-state index contributed by atoms with van der Waals surface area (Å²) >= 11 is 12.7. The van der Waals surface area contributed by atoms with Crippen molar-refractivity contribution in [1.82, 2.24) is 14.4 Å². The normalized spacial score (nSPS) is 18.5. The van der Waals surface area contributed by atoms with Crippen molar-refractivity contribution in [2.75, 3.05) is 60.8 Å². The maximum absolute atomic E-state index is 14.8. The molecule has 2 aliphatic rings. The van der Waals surface area contributed by atoms with Crippen molar-refractivity contribution in [3.05, 3.63) is 91.3 Å². The zero-order valence-electron chi connectivity index (χ0n) is 30.8. The van der Waals surface area contributed by atoms with Crippen LogP contribution in [0.5, 0.6) is 11.5 Å². The van der Waals surface area contributed by atoms with Gasteiger partial charge in [-0.05, 0) is 91.6 Å². The number of halogens is 2. The lowest BCUT2D eigenvalue weighted by atomic mass is 9.75. The second kappa shape index (κ2) is 18.5. The maximum Gasteiger partial charge on any atom is 0.407 e. The first-order valence-corrected chi connectivity index (χ1v) is 18.6. The number of likely N-dealkylation sites (tertiary alicyclic amines) is 1. The van der Waals surface area contributed by atoms with Crippen LogP contribution in [0.3, 0.4) is 0 Å². The summed E-state index contributed by atoms with van der Waals surface area (Å²) in [5.41, 5.74) is 1.81. The Morgan fingerprint density at radius 1 is 0.943 bits per heavy atom. The molecular weight excluding hydrogens is 725 g/mol. The van der Waals surface area contributed by atoms with Crippen molar-refractivity contribution in [1.29, 1.82) is 0 Å². The van der Waals surface area contributed by atoms with Crippen LogP contribution in [-0.2, 0) is 44.1 Å². The molecule has 5 rings (SSSR count). The molecule has 2 fully saturated rings. The first-order valence-electron chi connectivity index (χ1n) is 17.9. The van der Waals surface area contributed by atoms with Crippen molar-refractivity contribution >= 4 is 35.2 Å². The Hall–Kier alpha value is -3.81. The highest BCUT2D eigenvalue weighted by molar-refractivity contribution is 6.37. The molecule has 1 aliphatic carbocycles. The van der Waals surface area contributed by atoms with E-state index in [9.17, 15) is 19.5 Å². The van der Waals surface area contributed by atoms with Gasteiger partial charge in [-0.2, -0.15) is 0 Å². The molecule has 288 valence electrons. The third-order valence-electron chi connectivity index (χ3n) is 9.88. The summed E-state index contributed by atoms with van der Waals surface area (Å²) in [7, 11) is 4.81. The van der Waals surface area contributed by atoms with Crippen LogP contribution < -0.4 is 15.0 Å². The molecule has 2 aromatic carbocycles. The molecule has 1 N–H and O–H groups in total. The van der Waals surface area contributed by atoms with Gasteiger partial charge in [0.2, 0.25) is 5.91 Å². The van der Waals surface area contributed by atoms with E-state index in [0.29, 0.717) is 53.5 Å². The number of ether oxygens (including phenoxy) is 5. The number of hydrogen-bond donors (Lipinski definition) is 1. The van der Waals surface area contributed by atoms with Crippen LogP contribution >= 0.6 is 23.2 Å². The second-order valence-electron chi connectivity index (χ2n) is 13.6. The topological polar surface area (TPSA) is 129 Å². The highest BCUT2D eigenvalue weighted by Gasteiger charge is 2.52. The monoisotopic (exact) mass is 773 g/mol. The first-order chi connectivity index (χ1) is 25.5. The fourth-order valence-electron chi connectivity index (χ4n) is 7.00. The number of carbonyl (C=O) groups excluding carboxylic acids is 1. The molecule has 14 heteroatoms. The quantitative estimate of drug-likeness (QED) is 0.151. The minimum atomic E-state index is -1.25. The average molecular weight is 775 g/mol. The Balaban J connectivity index is 1.41. The summed E-state index contributed by atoms with van der Waals surface area (Å²) < 4.78 is 30.0. The summed E-state index contributed by atoms with van der Waals surface area (Å²) in [5.74, 6) is -0.102. The summed E-state index contributed by atoms with van der Waals surface area (Å²) in [6, 6.07) is 12.8. The number of carbonyl (C=O) groups is 2. The number of methoxy groups -OCH3 is 3. The molecule has 2 amide bonds. The van der Waals surface area contributed by atoms with Gasteiger partial charge in [0, 0.05) is 65.9 Å². The van der Waals surface area contributed by atoms with E-state index in [4.69, 9.17) is 46.9 Å². The number of aromatic nitrogens is 1. The molecule has 1 aliphatic heterocycles. The van der Waals surface area contributed by atoms with Crippen LogP contribution in [0.25, 0.3) is 0 Å². The number of amides is 2. The third kappa shape index (κ3) is 10.0. The number of carboxylic acid groups (broad SMARTS) is 1. The van der Waals surface area contributed by atoms with E-state index >= 15 is 0 Å². The lowest BCUT2D eigenvalue weighted by Gasteiger charge is -2.47.